The smallest absolute Gasteiger partial charge is 0.250 e. The molecule has 5 rings (SSSR count). The molecule has 7 heteroatoms. The number of fused-ring (bicyclic) bond motifs is 3. The highest BCUT2D eigenvalue weighted by Crippen LogP contribution is 2.51. The molecular weight excluding hydrogens is 394 g/mol. The van der Waals surface area contributed by atoms with Crippen LogP contribution >= 0.6 is 0 Å². The topological polar surface area (TPSA) is 91.6 Å². The second kappa shape index (κ2) is 7.64. The molecule has 2 fully saturated rings. The van der Waals surface area contributed by atoms with Crippen molar-refractivity contribution in [3.05, 3.63) is 70.1 Å². The lowest BCUT2D eigenvalue weighted by atomic mass is 9.88. The van der Waals surface area contributed by atoms with Crippen molar-refractivity contribution < 1.29 is 14.7 Å². The summed E-state index contributed by atoms with van der Waals surface area (Å²) in [6.07, 6.45) is 1.65. The number of benzene rings is 1. The molecule has 5 atom stereocenters. The lowest BCUT2D eigenvalue weighted by Crippen LogP contribution is -2.51. The summed E-state index contributed by atoms with van der Waals surface area (Å²) >= 11 is 0. The number of pyridine rings is 1. The summed E-state index contributed by atoms with van der Waals surface area (Å²) in [6, 6.07) is 13.4. The Hall–Kier alpha value is -2.93. The van der Waals surface area contributed by atoms with E-state index in [9.17, 15) is 19.5 Å². The minimum atomic E-state index is -0.747. The molecule has 1 aromatic heterocycles. The van der Waals surface area contributed by atoms with Gasteiger partial charge in [-0.2, -0.15) is 0 Å². The maximum absolute atomic E-state index is 13.5. The van der Waals surface area contributed by atoms with Crippen LogP contribution in [-0.2, 0) is 16.1 Å². The van der Waals surface area contributed by atoms with Gasteiger partial charge in [0, 0.05) is 42.7 Å². The van der Waals surface area contributed by atoms with E-state index in [1.165, 1.54) is 6.07 Å². The van der Waals surface area contributed by atoms with Gasteiger partial charge in [0.05, 0.1) is 12.1 Å². The van der Waals surface area contributed by atoms with E-state index >= 15 is 0 Å². The van der Waals surface area contributed by atoms with Gasteiger partial charge in [-0.25, -0.2) is 0 Å². The summed E-state index contributed by atoms with van der Waals surface area (Å²) in [5.41, 5.74) is 1.63. The van der Waals surface area contributed by atoms with Gasteiger partial charge in [0.25, 0.3) is 5.56 Å². The van der Waals surface area contributed by atoms with Crippen molar-refractivity contribution in [2.75, 3.05) is 6.61 Å². The quantitative estimate of drug-likeness (QED) is 0.768. The Morgan fingerprint density at radius 3 is 2.55 bits per heavy atom. The number of aromatic nitrogens is 1. The molecule has 3 aliphatic rings. The number of aliphatic hydroxyl groups excluding tert-OH is 1. The van der Waals surface area contributed by atoms with Crippen LogP contribution in [0.5, 0.6) is 0 Å². The first-order valence-electron chi connectivity index (χ1n) is 11.0. The Bertz CT molecular complexity index is 1060. The molecule has 2 N–H and O–H groups in total. The van der Waals surface area contributed by atoms with Gasteiger partial charge in [0.2, 0.25) is 11.8 Å². The third kappa shape index (κ3) is 3.28. The normalized spacial score (nSPS) is 27.5. The standard InChI is InChI=1S/C24H27N3O4/c1-14(15-6-3-2-4-7-15)25-23(30)22-18(13-28)17-12-26-19(8-5-9-20(26)29)21(17)27(22)24(31)16-10-11-16/h2-9,14,16-18,21-22,28H,10-13H2,1H3,(H,25,30)/t14-,17+,18+,21-,22+/m0/s1. The van der Waals surface area contributed by atoms with E-state index in [4.69, 9.17) is 0 Å². The van der Waals surface area contributed by atoms with Crippen LogP contribution in [0, 0.1) is 17.8 Å². The monoisotopic (exact) mass is 421 g/mol. The number of nitrogens with zero attached hydrogens (tertiary/aromatic N) is 2. The third-order valence-electron chi connectivity index (χ3n) is 7.06. The molecule has 3 heterocycles. The fourth-order valence-electron chi connectivity index (χ4n) is 5.35. The maximum atomic E-state index is 13.5. The Morgan fingerprint density at radius 1 is 1.13 bits per heavy atom. The fraction of sp³-hybridized carbons (Fsp3) is 0.458. The van der Waals surface area contributed by atoms with Gasteiger partial charge >= 0.3 is 0 Å². The molecule has 0 spiro atoms. The summed E-state index contributed by atoms with van der Waals surface area (Å²) in [7, 11) is 0. The zero-order valence-electron chi connectivity index (χ0n) is 17.5. The summed E-state index contributed by atoms with van der Waals surface area (Å²) in [5, 5.41) is 13.3. The van der Waals surface area contributed by atoms with Gasteiger partial charge < -0.3 is 19.9 Å². The maximum Gasteiger partial charge on any atom is 0.250 e. The molecule has 2 aliphatic heterocycles. The number of amides is 2. The predicted octanol–water partition coefficient (Wildman–Crippen LogP) is 1.63. The lowest BCUT2D eigenvalue weighted by Gasteiger charge is -2.32. The lowest BCUT2D eigenvalue weighted by molar-refractivity contribution is -0.143. The highest BCUT2D eigenvalue weighted by molar-refractivity contribution is 5.91. The Balaban J connectivity index is 1.50. The molecule has 1 saturated heterocycles. The van der Waals surface area contributed by atoms with E-state index < -0.39 is 12.0 Å². The highest BCUT2D eigenvalue weighted by Gasteiger charge is 2.58. The van der Waals surface area contributed by atoms with Crippen molar-refractivity contribution in [2.24, 2.45) is 17.8 Å². The van der Waals surface area contributed by atoms with Crippen LogP contribution in [0.1, 0.15) is 43.1 Å². The Kier molecular flexibility index (Phi) is 4.93. The van der Waals surface area contributed by atoms with Gasteiger partial charge in [0.1, 0.15) is 6.04 Å². The average Bonchev–Trinajstić information content (AvgIpc) is 3.48. The second-order valence-electron chi connectivity index (χ2n) is 8.96. The van der Waals surface area contributed by atoms with Crippen LogP contribution in [-0.4, -0.2) is 39.0 Å². The SMILES string of the molecule is C[C@H](NC(=O)[C@H]1[C@H](CO)[C@H]2Cn3c(cccc3=O)[C@H]2N1C(=O)C1CC1)c1ccccc1. The molecule has 0 radical (unpaired) electrons. The molecule has 7 nitrogen and oxygen atoms in total. The number of nitrogens with one attached hydrogen (secondary N) is 1. The van der Waals surface area contributed by atoms with E-state index in [0.29, 0.717) is 6.54 Å². The van der Waals surface area contributed by atoms with Gasteiger partial charge in [-0.15, -0.1) is 0 Å². The largest absolute Gasteiger partial charge is 0.396 e. The van der Waals surface area contributed by atoms with Crippen molar-refractivity contribution >= 4 is 11.8 Å². The fourth-order valence-corrected chi connectivity index (χ4v) is 5.35. The van der Waals surface area contributed by atoms with Gasteiger partial charge in [-0.05, 0) is 31.4 Å². The number of aliphatic hydroxyl groups is 1. The van der Waals surface area contributed by atoms with Gasteiger partial charge in [-0.1, -0.05) is 36.4 Å². The van der Waals surface area contributed by atoms with Crippen molar-refractivity contribution in [3.63, 3.8) is 0 Å². The van der Waals surface area contributed by atoms with Crippen molar-refractivity contribution in [1.29, 1.82) is 0 Å². The number of hydrogen-bond acceptors (Lipinski definition) is 4. The van der Waals surface area contributed by atoms with Crippen molar-refractivity contribution in [3.8, 4) is 0 Å². The van der Waals surface area contributed by atoms with Crippen molar-refractivity contribution in [2.45, 2.75) is 44.4 Å². The van der Waals surface area contributed by atoms with Gasteiger partial charge in [0.15, 0.2) is 0 Å². The van der Waals surface area contributed by atoms with E-state index in [-0.39, 0.29) is 47.9 Å². The Labute approximate surface area is 180 Å². The second-order valence-corrected chi connectivity index (χ2v) is 8.96. The zero-order chi connectivity index (χ0) is 21.7. The first kappa shape index (κ1) is 20.0. The molecule has 0 bridgehead atoms. The first-order chi connectivity index (χ1) is 15.0. The molecule has 1 aliphatic carbocycles. The first-order valence-corrected chi connectivity index (χ1v) is 11.0. The zero-order valence-corrected chi connectivity index (χ0v) is 17.5. The summed E-state index contributed by atoms with van der Waals surface area (Å²) < 4.78 is 1.69. The molecule has 2 aromatic rings. The molecule has 1 saturated carbocycles. The van der Waals surface area contributed by atoms with E-state index in [2.05, 4.69) is 5.32 Å². The van der Waals surface area contributed by atoms with Crippen LogP contribution in [0.15, 0.2) is 53.3 Å². The number of rotatable bonds is 5. The molecule has 0 unspecified atom stereocenters. The molecule has 1 aromatic carbocycles. The van der Waals surface area contributed by atoms with Crippen LogP contribution in [0.2, 0.25) is 0 Å². The van der Waals surface area contributed by atoms with E-state index in [1.54, 1.807) is 15.5 Å². The van der Waals surface area contributed by atoms with E-state index in [0.717, 1.165) is 24.1 Å². The van der Waals surface area contributed by atoms with Crippen LogP contribution < -0.4 is 10.9 Å². The van der Waals surface area contributed by atoms with Crippen LogP contribution in [0.3, 0.4) is 0 Å². The summed E-state index contributed by atoms with van der Waals surface area (Å²) in [5.74, 6) is -0.933. The Morgan fingerprint density at radius 2 is 1.87 bits per heavy atom. The van der Waals surface area contributed by atoms with Gasteiger partial charge in [-0.3, -0.25) is 14.4 Å². The average molecular weight is 421 g/mol. The molecule has 162 valence electrons. The number of carbonyl (C=O) groups excluding carboxylic acids is 2. The highest BCUT2D eigenvalue weighted by atomic mass is 16.3. The number of hydrogen-bond donors (Lipinski definition) is 2. The predicted molar refractivity (Wildman–Crippen MR) is 114 cm³/mol. The molecule has 31 heavy (non-hydrogen) atoms. The van der Waals surface area contributed by atoms with Crippen LogP contribution in [0.25, 0.3) is 0 Å². The summed E-state index contributed by atoms with van der Waals surface area (Å²) in [4.78, 5) is 40.9. The molecular formula is C24H27N3O4. The molecule has 2 amide bonds. The minimum Gasteiger partial charge on any atom is -0.396 e. The van der Waals surface area contributed by atoms with Crippen LogP contribution in [0.4, 0.5) is 0 Å². The van der Waals surface area contributed by atoms with Crippen molar-refractivity contribution in [1.82, 2.24) is 14.8 Å². The summed E-state index contributed by atoms with van der Waals surface area (Å²) in [6.45, 7) is 2.12. The number of carbonyl (C=O) groups is 2. The number of likely N-dealkylation sites (tertiary alicyclic amines) is 1. The third-order valence-corrected chi connectivity index (χ3v) is 7.06. The van der Waals surface area contributed by atoms with E-state index in [1.807, 2.05) is 43.3 Å². The minimum absolute atomic E-state index is 0.0387.